The van der Waals surface area contributed by atoms with E-state index in [1.807, 2.05) is 0 Å². The lowest BCUT2D eigenvalue weighted by atomic mass is 9.70. The molecule has 0 bridgehead atoms. The van der Waals surface area contributed by atoms with Crippen LogP contribution in [0.2, 0.25) is 0 Å². The minimum absolute atomic E-state index is 0.144. The summed E-state index contributed by atoms with van der Waals surface area (Å²) in [5.74, 6) is -0.493. The Morgan fingerprint density at radius 1 is 0.424 bits per heavy atom. The zero-order valence-electron chi connectivity index (χ0n) is 34.8. The first kappa shape index (κ1) is 33.5. The predicted molar refractivity (Wildman–Crippen MR) is 246 cm³/mol. The van der Waals surface area contributed by atoms with Crippen LogP contribution in [0.4, 0.5) is 17.1 Å². The molecule has 8 aromatic rings. The highest BCUT2D eigenvalue weighted by Crippen LogP contribution is 2.63. The number of anilines is 3. The average molecular weight is 759 g/mol. The summed E-state index contributed by atoms with van der Waals surface area (Å²) in [6.45, 7) is 4.75. The first-order chi connectivity index (χ1) is 29.4. The highest BCUT2D eigenvalue weighted by molar-refractivity contribution is 5.97. The van der Waals surface area contributed by atoms with Crippen molar-refractivity contribution in [2.75, 3.05) is 4.90 Å². The molecule has 4 aliphatic carbocycles. The van der Waals surface area contributed by atoms with Crippen LogP contribution in [-0.2, 0) is 10.8 Å². The van der Waals surface area contributed by atoms with E-state index in [9.17, 15) is 1.37 Å². The highest BCUT2D eigenvalue weighted by atomic mass is 15.1. The molecule has 0 N–H and O–H groups in total. The number of fused-ring (bicyclic) bond motifs is 13. The number of para-hydroxylation sites is 1. The maximum absolute atomic E-state index is 9.37. The van der Waals surface area contributed by atoms with E-state index < -0.39 is 11.3 Å². The Hall–Kier alpha value is -6.44. The van der Waals surface area contributed by atoms with Crippen molar-refractivity contribution in [1.82, 2.24) is 0 Å². The van der Waals surface area contributed by atoms with Crippen molar-refractivity contribution in [2.24, 2.45) is 0 Å². The van der Waals surface area contributed by atoms with Crippen molar-refractivity contribution in [1.29, 1.82) is 0 Å². The molecule has 1 saturated carbocycles. The third kappa shape index (κ3) is 4.91. The smallest absolute Gasteiger partial charge is 0.0726 e. The van der Waals surface area contributed by atoms with E-state index in [2.05, 4.69) is 201 Å². The Balaban J connectivity index is 1.09. The summed E-state index contributed by atoms with van der Waals surface area (Å²) in [7, 11) is 0. The minimum Gasteiger partial charge on any atom is -0.310 e. The molecule has 1 heteroatoms. The molecule has 0 unspecified atom stereocenters. The molecule has 4 aliphatic rings. The standard InChI is InChI=1S/C58H47N/c1-57(2)50-23-11-6-19-44(50)48-34-32-41(36-54(48)57)59(56-27-15-10-18-43(56)40-30-28-39(29-31-40)38-16-4-3-5-17-38)42-33-35-49-47-22-9-14-26-53(47)58(55(49)37-42)51-24-12-7-20-45(51)46-21-8-13-25-52(46)58/h6-15,18-38H,3-5,16-17H2,1-2H3/i38D. The molecule has 0 amide bonds. The second-order valence-corrected chi connectivity index (χ2v) is 17.6. The van der Waals surface area contributed by atoms with Crippen molar-refractivity contribution in [3.8, 4) is 44.5 Å². The molecule has 0 aromatic heterocycles. The van der Waals surface area contributed by atoms with Gasteiger partial charge in [0.25, 0.3) is 0 Å². The molecule has 0 atom stereocenters. The lowest BCUT2D eigenvalue weighted by Crippen LogP contribution is -2.26. The number of hydrogen-bond donors (Lipinski definition) is 0. The van der Waals surface area contributed by atoms with Gasteiger partial charge in [0, 0.05) is 23.7 Å². The summed E-state index contributed by atoms with van der Waals surface area (Å²) in [6, 6.07) is 68.4. The van der Waals surface area contributed by atoms with Gasteiger partial charge in [-0.15, -0.1) is 0 Å². The number of hydrogen-bond acceptors (Lipinski definition) is 1. The topological polar surface area (TPSA) is 3.24 Å². The molecule has 12 rings (SSSR count). The Morgan fingerprint density at radius 3 is 1.44 bits per heavy atom. The van der Waals surface area contributed by atoms with E-state index in [1.165, 1.54) is 78.7 Å². The molecular weight excluding hydrogens is 711 g/mol. The molecule has 59 heavy (non-hydrogen) atoms. The zero-order valence-corrected chi connectivity index (χ0v) is 33.8. The Bertz CT molecular complexity index is 2950. The van der Waals surface area contributed by atoms with Crippen molar-refractivity contribution >= 4 is 17.1 Å². The largest absolute Gasteiger partial charge is 0.310 e. The second-order valence-electron chi connectivity index (χ2n) is 17.6. The van der Waals surface area contributed by atoms with Gasteiger partial charge in [-0.25, -0.2) is 0 Å². The van der Waals surface area contributed by atoms with Crippen LogP contribution in [0.5, 0.6) is 0 Å². The lowest BCUT2D eigenvalue weighted by Gasteiger charge is -2.33. The van der Waals surface area contributed by atoms with E-state index in [0.717, 1.165) is 53.9 Å². The lowest BCUT2D eigenvalue weighted by molar-refractivity contribution is 0.443. The summed E-state index contributed by atoms with van der Waals surface area (Å²) in [5, 5.41) is 0. The summed E-state index contributed by atoms with van der Waals surface area (Å²) < 4.78 is 9.37. The summed E-state index contributed by atoms with van der Waals surface area (Å²) >= 11 is 0. The molecule has 284 valence electrons. The number of nitrogens with zero attached hydrogens (tertiary/aromatic N) is 1. The average Bonchev–Trinajstić information content (AvgIpc) is 3.85. The van der Waals surface area contributed by atoms with Gasteiger partial charge in [-0.3, -0.25) is 0 Å². The first-order valence-electron chi connectivity index (χ1n) is 22.1. The maximum Gasteiger partial charge on any atom is 0.0726 e. The monoisotopic (exact) mass is 758 g/mol. The van der Waals surface area contributed by atoms with E-state index in [0.29, 0.717) is 0 Å². The van der Waals surface area contributed by atoms with Gasteiger partial charge in [0.1, 0.15) is 0 Å². The molecule has 1 spiro atoms. The van der Waals surface area contributed by atoms with Crippen LogP contribution < -0.4 is 4.90 Å². The van der Waals surface area contributed by atoms with Crippen LogP contribution in [0.3, 0.4) is 0 Å². The van der Waals surface area contributed by atoms with E-state index in [1.54, 1.807) is 0 Å². The quantitative estimate of drug-likeness (QED) is 0.169. The summed E-state index contributed by atoms with van der Waals surface area (Å²) in [6.07, 6.45) is 5.39. The van der Waals surface area contributed by atoms with Crippen LogP contribution in [0.15, 0.2) is 182 Å². The summed E-state index contributed by atoms with van der Waals surface area (Å²) in [4.78, 5) is 2.51. The van der Waals surface area contributed by atoms with Gasteiger partial charge in [0.15, 0.2) is 0 Å². The van der Waals surface area contributed by atoms with Crippen molar-refractivity contribution in [3.05, 3.63) is 221 Å². The number of rotatable bonds is 5. The van der Waals surface area contributed by atoms with Gasteiger partial charge in [-0.2, -0.15) is 0 Å². The van der Waals surface area contributed by atoms with Gasteiger partial charge < -0.3 is 4.90 Å². The van der Waals surface area contributed by atoms with Crippen LogP contribution in [0.25, 0.3) is 44.5 Å². The van der Waals surface area contributed by atoms with Crippen molar-refractivity contribution in [2.45, 2.75) is 62.7 Å². The molecule has 1 fully saturated rings. The van der Waals surface area contributed by atoms with E-state index in [-0.39, 0.29) is 5.41 Å². The SMILES string of the molecule is [2H]C1(c2ccc(-c3ccccc3N(c3ccc4c(c3)C(C)(C)c3ccccc3-4)c3ccc4c(c3)C3(c5ccccc5-c5ccccc53)c3ccccc3-4)cc2)CCCCC1. The van der Waals surface area contributed by atoms with Gasteiger partial charge in [0.2, 0.25) is 0 Å². The Labute approximate surface area is 350 Å². The van der Waals surface area contributed by atoms with Crippen LogP contribution in [0.1, 0.15) is 92.2 Å². The van der Waals surface area contributed by atoms with Crippen LogP contribution in [-0.4, -0.2) is 0 Å². The highest BCUT2D eigenvalue weighted by Gasteiger charge is 2.51. The van der Waals surface area contributed by atoms with Crippen LogP contribution >= 0.6 is 0 Å². The molecule has 1 nitrogen and oxygen atoms in total. The van der Waals surface area contributed by atoms with Crippen molar-refractivity contribution < 1.29 is 1.37 Å². The Morgan fingerprint density at radius 2 is 0.864 bits per heavy atom. The fourth-order valence-electron chi connectivity index (χ4n) is 11.5. The van der Waals surface area contributed by atoms with Gasteiger partial charge >= 0.3 is 0 Å². The second kappa shape index (κ2) is 13.0. The van der Waals surface area contributed by atoms with Gasteiger partial charge in [-0.1, -0.05) is 185 Å². The van der Waals surface area contributed by atoms with Gasteiger partial charge in [-0.05, 0) is 127 Å². The normalized spacial score (nSPS) is 16.9. The maximum atomic E-state index is 9.37. The molecule has 0 heterocycles. The molecule has 0 radical (unpaired) electrons. The Kier molecular flexibility index (Phi) is 7.41. The molecule has 0 saturated heterocycles. The van der Waals surface area contributed by atoms with Gasteiger partial charge in [0.05, 0.1) is 11.1 Å². The molecule has 0 aliphatic heterocycles. The third-order valence-corrected chi connectivity index (χ3v) is 14.3. The predicted octanol–water partition coefficient (Wildman–Crippen LogP) is 15.5. The molecule has 8 aromatic carbocycles. The third-order valence-electron chi connectivity index (χ3n) is 14.3. The minimum atomic E-state index is -0.493. The summed E-state index contributed by atoms with van der Waals surface area (Å²) in [5.41, 5.74) is 22.3. The van der Waals surface area contributed by atoms with E-state index >= 15 is 0 Å². The van der Waals surface area contributed by atoms with Crippen LogP contribution in [0, 0.1) is 0 Å². The van der Waals surface area contributed by atoms with Crippen molar-refractivity contribution in [3.63, 3.8) is 0 Å². The zero-order chi connectivity index (χ0) is 40.2. The van der Waals surface area contributed by atoms with E-state index in [4.69, 9.17) is 0 Å². The first-order valence-corrected chi connectivity index (χ1v) is 21.6. The fourth-order valence-corrected chi connectivity index (χ4v) is 11.5. The molecular formula is C58H47N. The fraction of sp³-hybridized carbons (Fsp3) is 0.172. The number of benzene rings is 8.